The number of hydrogen-bond acceptors (Lipinski definition) is 7. The molecule has 0 aromatic rings. The van der Waals surface area contributed by atoms with E-state index in [1.165, 1.54) is 33.5 Å². The second kappa shape index (κ2) is 6.28. The van der Waals surface area contributed by atoms with Crippen LogP contribution in [0.25, 0.3) is 0 Å². The fourth-order valence-electron chi connectivity index (χ4n) is 7.91. The van der Waals surface area contributed by atoms with Crippen molar-refractivity contribution < 1.29 is 24.2 Å². The lowest BCUT2D eigenvalue weighted by Crippen LogP contribution is -2.75. The molecule has 2 saturated heterocycles. The molecule has 8 unspecified atom stereocenters. The Morgan fingerprint density at radius 2 is 1.72 bits per heavy atom. The number of esters is 2. The lowest BCUT2D eigenvalue weighted by molar-refractivity contribution is -0.193. The van der Waals surface area contributed by atoms with Gasteiger partial charge in [0.15, 0.2) is 0 Å². The average molecular weight is 405 g/mol. The zero-order valence-corrected chi connectivity index (χ0v) is 17.8. The van der Waals surface area contributed by atoms with Gasteiger partial charge in [0.25, 0.3) is 0 Å². The van der Waals surface area contributed by atoms with Crippen molar-refractivity contribution in [3.05, 3.63) is 11.6 Å². The van der Waals surface area contributed by atoms with Crippen molar-refractivity contribution >= 4 is 11.9 Å². The molecule has 6 rings (SSSR count). The SMILES string of the molecule is COC(=O)C1=CCC23CCC2N(C)C13.COC(=O)C1C(O)CC23CCC2N(C)C13. The Morgan fingerprint density at radius 3 is 2.28 bits per heavy atom. The summed E-state index contributed by atoms with van der Waals surface area (Å²) in [6, 6.07) is 1.91. The highest BCUT2D eigenvalue weighted by Gasteiger charge is 2.72. The molecule has 3 saturated carbocycles. The smallest absolute Gasteiger partial charge is 0.335 e. The predicted molar refractivity (Wildman–Crippen MR) is 105 cm³/mol. The first-order chi connectivity index (χ1) is 13.8. The van der Waals surface area contributed by atoms with Crippen molar-refractivity contribution in [1.82, 2.24) is 9.80 Å². The average Bonchev–Trinajstić information content (AvgIpc) is 3.22. The number of ether oxygens (including phenoxy) is 2. The van der Waals surface area contributed by atoms with Crippen LogP contribution in [0.5, 0.6) is 0 Å². The number of likely N-dealkylation sites (N-methyl/N-ethyl adjacent to an activating group) is 1. The van der Waals surface area contributed by atoms with Crippen LogP contribution >= 0.6 is 0 Å². The van der Waals surface area contributed by atoms with E-state index >= 15 is 0 Å². The van der Waals surface area contributed by atoms with Gasteiger partial charge < -0.3 is 14.6 Å². The molecule has 0 amide bonds. The molecule has 2 aliphatic heterocycles. The van der Waals surface area contributed by atoms with Crippen molar-refractivity contribution in [2.45, 2.75) is 68.8 Å². The minimum absolute atomic E-state index is 0.135. The van der Waals surface area contributed by atoms with Gasteiger partial charge in [-0.05, 0) is 52.6 Å². The molecule has 2 spiro atoms. The van der Waals surface area contributed by atoms with Crippen LogP contribution in [0.2, 0.25) is 0 Å². The Bertz CT molecular complexity index is 783. The van der Waals surface area contributed by atoms with Gasteiger partial charge in [-0.1, -0.05) is 6.08 Å². The first-order valence-electron chi connectivity index (χ1n) is 10.8. The summed E-state index contributed by atoms with van der Waals surface area (Å²) in [5, 5.41) is 9.98. The Hall–Kier alpha value is -1.44. The largest absolute Gasteiger partial charge is 0.469 e. The second-order valence-corrected chi connectivity index (χ2v) is 9.93. The molecule has 7 nitrogen and oxygen atoms in total. The molecule has 8 atom stereocenters. The van der Waals surface area contributed by atoms with Crippen LogP contribution in [0.4, 0.5) is 0 Å². The summed E-state index contributed by atoms with van der Waals surface area (Å²) in [4.78, 5) is 27.7. The number of allylic oxidation sites excluding steroid dienone is 1. The molecule has 7 heteroatoms. The first-order valence-corrected chi connectivity index (χ1v) is 10.8. The summed E-state index contributed by atoms with van der Waals surface area (Å²) in [5.41, 5.74) is 1.57. The van der Waals surface area contributed by atoms with Gasteiger partial charge in [-0.2, -0.15) is 0 Å². The number of aliphatic hydroxyl groups excluding tert-OH is 1. The van der Waals surface area contributed by atoms with Crippen molar-refractivity contribution in [2.24, 2.45) is 16.7 Å². The predicted octanol–water partition coefficient (Wildman–Crippen LogP) is 0.955. The Kier molecular flexibility index (Phi) is 4.23. The van der Waals surface area contributed by atoms with Gasteiger partial charge in [-0.3, -0.25) is 14.6 Å². The third kappa shape index (κ3) is 2.19. The van der Waals surface area contributed by atoms with E-state index in [4.69, 9.17) is 9.47 Å². The molecule has 0 bridgehead atoms. The number of carbonyl (C=O) groups is 2. The summed E-state index contributed by atoms with van der Waals surface area (Å²) >= 11 is 0. The Morgan fingerprint density at radius 1 is 1.07 bits per heavy atom. The van der Waals surface area contributed by atoms with Crippen molar-refractivity contribution in [3.63, 3.8) is 0 Å². The van der Waals surface area contributed by atoms with Gasteiger partial charge in [0.05, 0.1) is 31.8 Å². The van der Waals surface area contributed by atoms with Crippen LogP contribution in [0.1, 0.15) is 38.5 Å². The monoisotopic (exact) mass is 404 g/mol. The number of rotatable bonds is 2. The maximum atomic E-state index is 11.6. The summed E-state index contributed by atoms with van der Waals surface area (Å²) in [6.07, 6.45) is 8.41. The first kappa shape index (κ1) is 19.5. The minimum Gasteiger partial charge on any atom is -0.469 e. The van der Waals surface area contributed by atoms with E-state index in [0.717, 1.165) is 30.9 Å². The zero-order valence-electron chi connectivity index (χ0n) is 17.8. The zero-order chi connectivity index (χ0) is 20.7. The molecule has 0 aromatic carbocycles. The van der Waals surface area contributed by atoms with Crippen LogP contribution in [0.15, 0.2) is 11.6 Å². The van der Waals surface area contributed by atoms with E-state index in [1.54, 1.807) is 0 Å². The second-order valence-electron chi connectivity index (χ2n) is 9.93. The molecule has 6 aliphatic rings. The molecule has 0 radical (unpaired) electrons. The molecule has 5 fully saturated rings. The number of carbonyl (C=O) groups excluding carboxylic acids is 2. The maximum absolute atomic E-state index is 11.6. The standard InChI is InChI=1S/C11H17NO3.C11H15NO2/c1-12-7-3-4-11(7)5-6(13)8(9(11)12)10(14)15-2;1-12-8-4-6-11(8)5-3-7(9(11)12)10(13)14-2/h6-9,13H,3-5H2,1-2H3;3,8-9H,4-6H2,1-2H3. The minimum atomic E-state index is -0.504. The van der Waals surface area contributed by atoms with Crippen LogP contribution in [-0.2, 0) is 19.1 Å². The fraction of sp³-hybridized carbons (Fsp3) is 0.818. The molecule has 29 heavy (non-hydrogen) atoms. The lowest BCUT2D eigenvalue weighted by atomic mass is 9.52. The van der Waals surface area contributed by atoms with Crippen LogP contribution in [0.3, 0.4) is 0 Å². The topological polar surface area (TPSA) is 79.3 Å². The summed E-state index contributed by atoms with van der Waals surface area (Å²) in [7, 11) is 7.04. The third-order valence-corrected chi connectivity index (χ3v) is 9.29. The van der Waals surface area contributed by atoms with Crippen LogP contribution in [0, 0.1) is 16.7 Å². The van der Waals surface area contributed by atoms with Gasteiger partial charge in [-0.15, -0.1) is 0 Å². The van der Waals surface area contributed by atoms with E-state index in [2.05, 4.69) is 30.0 Å². The number of nitrogens with zero attached hydrogens (tertiary/aromatic N) is 2. The molecule has 0 aromatic heterocycles. The molecular weight excluding hydrogens is 372 g/mol. The summed E-state index contributed by atoms with van der Waals surface area (Å²) in [5.74, 6) is -0.706. The maximum Gasteiger partial charge on any atom is 0.335 e. The fourth-order valence-corrected chi connectivity index (χ4v) is 7.91. The molecular formula is C22H32N2O5. The van der Waals surface area contributed by atoms with E-state index in [1.807, 2.05) is 0 Å². The van der Waals surface area contributed by atoms with Crippen LogP contribution in [-0.4, -0.2) is 85.4 Å². The number of likely N-dealkylation sites (tertiary alicyclic amines) is 2. The van der Waals surface area contributed by atoms with E-state index in [-0.39, 0.29) is 29.3 Å². The third-order valence-electron chi connectivity index (χ3n) is 9.29. The van der Waals surface area contributed by atoms with Gasteiger partial charge in [0, 0.05) is 35.0 Å². The van der Waals surface area contributed by atoms with E-state index < -0.39 is 6.10 Å². The van der Waals surface area contributed by atoms with Gasteiger partial charge >= 0.3 is 11.9 Å². The van der Waals surface area contributed by atoms with Gasteiger partial charge in [0.2, 0.25) is 0 Å². The highest BCUT2D eigenvalue weighted by Crippen LogP contribution is 2.66. The summed E-state index contributed by atoms with van der Waals surface area (Å²) < 4.78 is 9.59. The molecule has 160 valence electrons. The number of piperidine rings is 2. The van der Waals surface area contributed by atoms with Crippen LogP contribution < -0.4 is 0 Å². The highest BCUT2D eigenvalue weighted by molar-refractivity contribution is 5.91. The molecule has 1 N–H and O–H groups in total. The van der Waals surface area contributed by atoms with Crippen molar-refractivity contribution in [2.75, 3.05) is 28.3 Å². The Balaban J connectivity index is 0.000000125. The number of hydrogen-bond donors (Lipinski definition) is 1. The van der Waals surface area contributed by atoms with Gasteiger partial charge in [0.1, 0.15) is 0 Å². The van der Waals surface area contributed by atoms with Gasteiger partial charge in [-0.25, -0.2) is 4.79 Å². The van der Waals surface area contributed by atoms with E-state index in [9.17, 15) is 14.7 Å². The number of methoxy groups -OCH3 is 2. The van der Waals surface area contributed by atoms with E-state index in [0.29, 0.717) is 17.5 Å². The van der Waals surface area contributed by atoms with Crippen molar-refractivity contribution in [3.8, 4) is 0 Å². The normalized spacial score (nSPS) is 48.5. The van der Waals surface area contributed by atoms with Crippen molar-refractivity contribution in [1.29, 1.82) is 0 Å². The quantitative estimate of drug-likeness (QED) is 0.687. The molecule has 2 heterocycles. The highest BCUT2D eigenvalue weighted by atomic mass is 16.5. The Labute approximate surface area is 172 Å². The molecule has 4 aliphatic carbocycles. The lowest BCUT2D eigenvalue weighted by Gasteiger charge is -2.68. The number of aliphatic hydroxyl groups is 1. The summed E-state index contributed by atoms with van der Waals surface area (Å²) in [6.45, 7) is 0.